The molecule has 0 unspecified atom stereocenters. The molecule has 0 spiro atoms. The molecule has 140 heavy (non-hydrogen) atoms. The predicted molar refractivity (Wildman–Crippen MR) is 590 cm³/mol. The zero-order chi connectivity index (χ0) is 92.8. The van der Waals surface area contributed by atoms with E-state index in [1.165, 1.54) is 209 Å². The summed E-state index contributed by atoms with van der Waals surface area (Å²) in [6, 6.07) is 197. The third-order valence-electron chi connectivity index (χ3n) is 27.6. The number of rotatable bonds is 15. The molecule has 0 radical (unpaired) electrons. The lowest BCUT2D eigenvalue weighted by Crippen LogP contribution is -1.94. The molecule has 0 aliphatic carbocycles. The Labute approximate surface area is 812 Å². The van der Waals surface area contributed by atoms with Gasteiger partial charge in [-0.3, -0.25) is 0 Å². The van der Waals surface area contributed by atoms with Crippen LogP contribution in [-0.2, 0) is 0 Å². The lowest BCUT2D eigenvalue weighted by molar-refractivity contribution is 0.620. The maximum atomic E-state index is 6.02. The summed E-state index contributed by atoms with van der Waals surface area (Å²) in [5.74, 6) is 0.634. The minimum absolute atomic E-state index is 0.634. The highest BCUT2D eigenvalue weighted by Crippen LogP contribution is 2.46. The third kappa shape index (κ3) is 15.9. The molecule has 0 saturated carbocycles. The van der Waals surface area contributed by atoms with E-state index in [1.54, 1.807) is 0 Å². The van der Waals surface area contributed by atoms with Crippen LogP contribution < -0.4 is 0 Å². The molecule has 0 fully saturated rings. The van der Waals surface area contributed by atoms with E-state index in [9.17, 15) is 0 Å². The van der Waals surface area contributed by atoms with Crippen LogP contribution in [0, 0.1) is 0 Å². The molecule has 0 aliphatic heterocycles. The molecular formula is C135H90N4O. The van der Waals surface area contributed by atoms with Crippen LogP contribution in [0.4, 0.5) is 0 Å². The van der Waals surface area contributed by atoms with Crippen LogP contribution in [0.2, 0.25) is 0 Å². The number of hydrogen-bond donors (Lipinski definition) is 0. The zero-order valence-electron chi connectivity index (χ0n) is 76.7. The van der Waals surface area contributed by atoms with Gasteiger partial charge in [-0.2, -0.15) is 0 Å². The van der Waals surface area contributed by atoms with Crippen LogP contribution in [0.15, 0.2) is 550 Å². The van der Waals surface area contributed by atoms with Gasteiger partial charge in [0.2, 0.25) is 5.89 Å². The smallest absolute Gasteiger partial charge is 0.227 e. The molecule has 27 aromatic rings. The number of para-hydroxylation sites is 3. The third-order valence-corrected chi connectivity index (χ3v) is 27.6. The predicted octanol–water partition coefficient (Wildman–Crippen LogP) is 36.8. The van der Waals surface area contributed by atoms with Crippen LogP contribution in [0.3, 0.4) is 0 Å². The second-order valence-corrected chi connectivity index (χ2v) is 36.0. The second kappa shape index (κ2) is 36.3. The Balaban J connectivity index is 0.000000112. The van der Waals surface area contributed by atoms with Crippen LogP contribution in [0.1, 0.15) is 0 Å². The van der Waals surface area contributed by atoms with Crippen molar-refractivity contribution in [3.63, 3.8) is 0 Å². The molecule has 0 saturated heterocycles. The van der Waals surface area contributed by atoms with Crippen molar-refractivity contribution in [1.29, 1.82) is 0 Å². The first-order valence-electron chi connectivity index (χ1n) is 47.9. The van der Waals surface area contributed by atoms with Crippen molar-refractivity contribution in [2.45, 2.75) is 0 Å². The minimum Gasteiger partial charge on any atom is -0.436 e. The van der Waals surface area contributed by atoms with Gasteiger partial charge in [-0.15, -0.1) is 0 Å². The average molecular weight is 1780 g/mol. The number of benzene rings is 23. The van der Waals surface area contributed by atoms with Crippen molar-refractivity contribution in [1.82, 2.24) is 18.7 Å². The Hall–Kier alpha value is -18.6. The van der Waals surface area contributed by atoms with Gasteiger partial charge in [-0.05, 0) is 320 Å². The Morgan fingerprint density at radius 2 is 0.379 bits per heavy atom. The quantitative estimate of drug-likeness (QED) is 0.0960. The van der Waals surface area contributed by atoms with Crippen LogP contribution >= 0.6 is 0 Å². The van der Waals surface area contributed by atoms with Crippen LogP contribution in [0.25, 0.3) is 249 Å². The minimum atomic E-state index is 0.634. The fourth-order valence-corrected chi connectivity index (χ4v) is 20.7. The topological polar surface area (TPSA) is 40.8 Å². The van der Waals surface area contributed by atoms with E-state index in [4.69, 9.17) is 4.42 Å². The van der Waals surface area contributed by atoms with E-state index in [2.05, 4.69) is 540 Å². The lowest BCUT2D eigenvalue weighted by atomic mass is 9.92. The maximum absolute atomic E-state index is 6.02. The van der Waals surface area contributed by atoms with Gasteiger partial charge in [0.25, 0.3) is 0 Å². The first kappa shape index (κ1) is 83.3. The van der Waals surface area contributed by atoms with Crippen molar-refractivity contribution in [3.05, 3.63) is 546 Å². The summed E-state index contributed by atoms with van der Waals surface area (Å²) in [5.41, 5.74) is 39.9. The fourth-order valence-electron chi connectivity index (χ4n) is 20.7. The van der Waals surface area contributed by atoms with Crippen molar-refractivity contribution < 1.29 is 4.42 Å². The molecular weight excluding hydrogens is 1690 g/mol. The van der Waals surface area contributed by atoms with Gasteiger partial charge in [0, 0.05) is 54.9 Å². The molecule has 4 heterocycles. The SMILES string of the molecule is c1ccc(-c2cc(-c3ccccc3)cc(-c3ccc4c(c3)c3cc(-c5cc(-c6ccccc6)cc(-c6ccccc6)c5)ccc3n4-c3ccccc3)c2)cc1.c1ccc(-c2ccc3c(c2)c2cc(-c4ccccc4)ccc2n3-c2ccc(-c3cc4ccccc4c4ccccc34)cc2)cc1.c1ccc(-c2ccc3c(c2)c2cc(-c4ccccc4)ccc2n3-c2ccc(-c3nc4ccccc4o3)cc2)cc1. The molecule has 23 aromatic carbocycles. The fraction of sp³-hybridized carbons (Fsp3) is 0. The van der Waals surface area contributed by atoms with E-state index in [-0.39, 0.29) is 0 Å². The summed E-state index contributed by atoms with van der Waals surface area (Å²) in [6.45, 7) is 0. The molecule has 4 aromatic heterocycles. The molecule has 656 valence electrons. The van der Waals surface area contributed by atoms with Crippen LogP contribution in [0.5, 0.6) is 0 Å². The van der Waals surface area contributed by atoms with E-state index >= 15 is 0 Å². The van der Waals surface area contributed by atoms with Gasteiger partial charge in [0.15, 0.2) is 5.58 Å². The monoisotopic (exact) mass is 1780 g/mol. The Morgan fingerprint density at radius 1 is 0.143 bits per heavy atom. The summed E-state index contributed by atoms with van der Waals surface area (Å²) in [6.07, 6.45) is 0. The number of aromatic nitrogens is 4. The Bertz CT molecular complexity index is 8750. The lowest BCUT2D eigenvalue weighted by Gasteiger charge is -2.13. The van der Waals surface area contributed by atoms with Gasteiger partial charge in [0.05, 0.1) is 33.1 Å². The molecule has 5 nitrogen and oxygen atoms in total. The van der Waals surface area contributed by atoms with Crippen molar-refractivity contribution >= 4 is 98.1 Å². The zero-order valence-corrected chi connectivity index (χ0v) is 76.7. The van der Waals surface area contributed by atoms with Crippen LogP contribution in [-0.4, -0.2) is 18.7 Å². The molecule has 5 heteroatoms. The van der Waals surface area contributed by atoms with E-state index in [1.807, 2.05) is 24.3 Å². The summed E-state index contributed by atoms with van der Waals surface area (Å²) < 4.78 is 13.2. The van der Waals surface area contributed by atoms with Gasteiger partial charge >= 0.3 is 0 Å². The highest BCUT2D eigenvalue weighted by Gasteiger charge is 2.23. The average Bonchev–Trinajstić information content (AvgIpc) is 1.59. The largest absolute Gasteiger partial charge is 0.436 e. The number of fused-ring (bicyclic) bond motifs is 13. The summed E-state index contributed by atoms with van der Waals surface area (Å²) in [7, 11) is 0. The highest BCUT2D eigenvalue weighted by atomic mass is 16.3. The first-order valence-corrected chi connectivity index (χ1v) is 47.9. The molecule has 0 atom stereocenters. The highest BCUT2D eigenvalue weighted by molar-refractivity contribution is 6.17. The Kier molecular flexibility index (Phi) is 21.6. The molecule has 27 rings (SSSR count). The Morgan fingerprint density at radius 3 is 0.700 bits per heavy atom. The molecule has 0 amide bonds. The first-order chi connectivity index (χ1) is 69.4. The summed E-state index contributed by atoms with van der Waals surface area (Å²) >= 11 is 0. The number of hydrogen-bond acceptors (Lipinski definition) is 2. The molecule has 0 aliphatic rings. The van der Waals surface area contributed by atoms with E-state index in [0.29, 0.717) is 5.89 Å². The molecule has 0 bridgehead atoms. The van der Waals surface area contributed by atoms with Gasteiger partial charge in [-0.25, -0.2) is 4.98 Å². The standard InChI is InChI=1S/C54H37N.C44H29N.C37H24N2O/c1-6-16-38(17-7-1)44-30-45(39-18-8-2-9-19-39)33-48(32-44)42-26-28-53-51(36-42)52-37-43(27-29-54(52)55(53)50-24-14-5-15-25-50)49-34-46(40-20-10-3-11-21-40)31-47(35-49)41-22-12-4-13-23-41;1-3-11-30(12-4-1)33-21-25-43-41(27-33)42-28-34(31-13-5-2-6-14-31)22-26-44(42)45(43)36-23-19-32(20-24-36)40-29-35-15-7-8-16-37(35)38-17-9-10-18-39(38)40;1-3-9-25(10-4-1)28-17-21-34-31(23-28)32-24-29(26-11-5-2-6-12-26)18-22-35(32)39(34)30-19-15-27(16-20-30)37-38-33-13-7-8-14-36(33)40-37/h1-37H;1-29H;1-24H. The van der Waals surface area contributed by atoms with Crippen molar-refractivity contribution in [2.24, 2.45) is 0 Å². The number of oxazole rings is 1. The van der Waals surface area contributed by atoms with E-state index < -0.39 is 0 Å². The van der Waals surface area contributed by atoms with Gasteiger partial charge in [-0.1, -0.05) is 370 Å². The molecule has 0 N–H and O–H groups in total. The maximum Gasteiger partial charge on any atom is 0.227 e. The van der Waals surface area contributed by atoms with Gasteiger partial charge in [0.1, 0.15) is 5.52 Å². The van der Waals surface area contributed by atoms with Crippen molar-refractivity contribution in [2.75, 3.05) is 0 Å². The normalized spacial score (nSPS) is 11.4. The van der Waals surface area contributed by atoms with E-state index in [0.717, 1.165) is 33.7 Å². The second-order valence-electron chi connectivity index (χ2n) is 36.0. The number of nitrogens with zero attached hydrogens (tertiary/aromatic N) is 4. The summed E-state index contributed by atoms with van der Waals surface area (Å²) in [5, 5.41) is 12.6. The van der Waals surface area contributed by atoms with Gasteiger partial charge < -0.3 is 18.1 Å². The van der Waals surface area contributed by atoms with Crippen molar-refractivity contribution in [3.8, 4) is 151 Å². The summed E-state index contributed by atoms with van der Waals surface area (Å²) in [4.78, 5) is 4.68.